The molecule has 0 bridgehead atoms. The molecule has 2 amide bonds. The van der Waals surface area contributed by atoms with E-state index in [0.29, 0.717) is 19.4 Å². The molecule has 0 spiro atoms. The molecule has 0 saturated carbocycles. The van der Waals surface area contributed by atoms with Crippen molar-refractivity contribution in [1.29, 1.82) is 0 Å². The molecular formula is C20H22N2O2. The summed E-state index contributed by atoms with van der Waals surface area (Å²) in [6.45, 7) is 4.62. The molecule has 0 radical (unpaired) electrons. The van der Waals surface area contributed by atoms with Crippen LogP contribution in [0.25, 0.3) is 0 Å². The maximum atomic E-state index is 12.3. The van der Waals surface area contributed by atoms with Gasteiger partial charge < -0.3 is 10.2 Å². The van der Waals surface area contributed by atoms with Crippen LogP contribution in [0.1, 0.15) is 23.1 Å². The monoisotopic (exact) mass is 322 g/mol. The molecule has 4 heteroatoms. The Kier molecular flexibility index (Phi) is 4.65. The number of nitrogens with zero attached hydrogens (tertiary/aromatic N) is 1. The van der Waals surface area contributed by atoms with Gasteiger partial charge >= 0.3 is 0 Å². The van der Waals surface area contributed by atoms with E-state index in [2.05, 4.69) is 12.2 Å². The third-order valence-electron chi connectivity index (χ3n) is 4.50. The molecule has 4 nitrogen and oxygen atoms in total. The zero-order valence-corrected chi connectivity index (χ0v) is 14.1. The Morgan fingerprint density at radius 1 is 1.12 bits per heavy atom. The third kappa shape index (κ3) is 3.65. The maximum absolute atomic E-state index is 12.3. The fraction of sp³-hybridized carbons (Fsp3) is 0.300. The summed E-state index contributed by atoms with van der Waals surface area (Å²) in [6.07, 6.45) is 0.697. The van der Waals surface area contributed by atoms with Gasteiger partial charge in [-0.2, -0.15) is 0 Å². The Morgan fingerprint density at radius 3 is 2.58 bits per heavy atom. The van der Waals surface area contributed by atoms with Crippen LogP contribution in [0.15, 0.2) is 48.5 Å². The van der Waals surface area contributed by atoms with Crippen molar-refractivity contribution in [1.82, 2.24) is 5.32 Å². The highest BCUT2D eigenvalue weighted by Gasteiger charge is 2.31. The van der Waals surface area contributed by atoms with Crippen molar-refractivity contribution in [2.24, 2.45) is 0 Å². The van der Waals surface area contributed by atoms with Crippen LogP contribution in [0.3, 0.4) is 0 Å². The molecule has 1 atom stereocenters. The average Bonchev–Trinajstić information content (AvgIpc) is 2.91. The molecule has 1 heterocycles. The van der Waals surface area contributed by atoms with Crippen LogP contribution >= 0.6 is 0 Å². The second-order valence-electron chi connectivity index (χ2n) is 6.40. The largest absolute Gasteiger partial charge is 0.351 e. The fourth-order valence-corrected chi connectivity index (χ4v) is 3.01. The molecular weight excluding hydrogens is 300 g/mol. The maximum Gasteiger partial charge on any atom is 0.229 e. The van der Waals surface area contributed by atoms with E-state index in [1.165, 1.54) is 5.56 Å². The van der Waals surface area contributed by atoms with Gasteiger partial charge in [0, 0.05) is 18.7 Å². The summed E-state index contributed by atoms with van der Waals surface area (Å²) in [4.78, 5) is 26.2. The van der Waals surface area contributed by atoms with E-state index in [1.54, 1.807) is 4.90 Å². The first kappa shape index (κ1) is 16.2. The van der Waals surface area contributed by atoms with Gasteiger partial charge in [0.25, 0.3) is 0 Å². The number of benzene rings is 2. The van der Waals surface area contributed by atoms with Gasteiger partial charge in [0.2, 0.25) is 11.8 Å². The summed E-state index contributed by atoms with van der Waals surface area (Å²) >= 11 is 0. The standard InChI is InChI=1S/C20H22N2O2/c1-14-8-9-18(10-15(14)2)22-13-17(12-20(22)24)21-19(23)11-16-6-4-3-5-7-16/h3-10,17H,11-13H2,1-2H3,(H,21,23). The van der Waals surface area contributed by atoms with Gasteiger partial charge in [-0.15, -0.1) is 0 Å². The van der Waals surface area contributed by atoms with Crippen LogP contribution in [0.2, 0.25) is 0 Å². The molecule has 1 fully saturated rings. The van der Waals surface area contributed by atoms with E-state index in [4.69, 9.17) is 0 Å². The highest BCUT2D eigenvalue weighted by molar-refractivity contribution is 5.97. The van der Waals surface area contributed by atoms with Gasteiger partial charge in [0.15, 0.2) is 0 Å². The van der Waals surface area contributed by atoms with Crippen molar-refractivity contribution < 1.29 is 9.59 Å². The highest BCUT2D eigenvalue weighted by Crippen LogP contribution is 2.24. The van der Waals surface area contributed by atoms with Crippen LogP contribution in [0.5, 0.6) is 0 Å². The lowest BCUT2D eigenvalue weighted by atomic mass is 10.1. The van der Waals surface area contributed by atoms with Gasteiger partial charge in [0.1, 0.15) is 0 Å². The minimum absolute atomic E-state index is 0.0408. The number of anilines is 1. The van der Waals surface area contributed by atoms with E-state index >= 15 is 0 Å². The fourth-order valence-electron chi connectivity index (χ4n) is 3.01. The van der Waals surface area contributed by atoms with Crippen molar-refractivity contribution in [3.8, 4) is 0 Å². The highest BCUT2D eigenvalue weighted by atomic mass is 16.2. The zero-order valence-electron chi connectivity index (χ0n) is 14.1. The molecule has 1 saturated heterocycles. The predicted octanol–water partition coefficient (Wildman–Crippen LogP) is 2.77. The molecule has 0 aliphatic carbocycles. The quantitative estimate of drug-likeness (QED) is 0.941. The molecule has 2 aromatic rings. The molecule has 1 N–H and O–H groups in total. The summed E-state index contributed by atoms with van der Waals surface area (Å²) in [7, 11) is 0. The van der Waals surface area contributed by atoms with Crippen LogP contribution in [-0.2, 0) is 16.0 Å². The summed E-state index contributed by atoms with van der Waals surface area (Å²) in [5, 5.41) is 2.98. The molecule has 2 aromatic carbocycles. The van der Waals surface area contributed by atoms with E-state index < -0.39 is 0 Å². The zero-order chi connectivity index (χ0) is 17.1. The molecule has 1 unspecified atom stereocenters. The Balaban J connectivity index is 1.62. The van der Waals surface area contributed by atoms with Crippen LogP contribution in [-0.4, -0.2) is 24.4 Å². The smallest absolute Gasteiger partial charge is 0.229 e. The Bertz CT molecular complexity index is 755. The number of hydrogen-bond donors (Lipinski definition) is 1. The van der Waals surface area contributed by atoms with E-state index in [0.717, 1.165) is 16.8 Å². The average molecular weight is 322 g/mol. The van der Waals surface area contributed by atoms with Crippen LogP contribution in [0.4, 0.5) is 5.69 Å². The number of aryl methyl sites for hydroxylation is 2. The van der Waals surface area contributed by atoms with Crippen molar-refractivity contribution in [2.75, 3.05) is 11.4 Å². The lowest BCUT2D eigenvalue weighted by Crippen LogP contribution is -2.38. The topological polar surface area (TPSA) is 49.4 Å². The van der Waals surface area contributed by atoms with Crippen LogP contribution < -0.4 is 10.2 Å². The Hall–Kier alpha value is -2.62. The predicted molar refractivity (Wildman–Crippen MR) is 95.0 cm³/mol. The van der Waals surface area contributed by atoms with Crippen LogP contribution in [0, 0.1) is 13.8 Å². The molecule has 1 aliphatic rings. The number of carbonyl (C=O) groups is 2. The first-order chi connectivity index (χ1) is 11.5. The van der Waals surface area contributed by atoms with E-state index in [-0.39, 0.29) is 17.9 Å². The summed E-state index contributed by atoms with van der Waals surface area (Å²) in [6, 6.07) is 15.5. The van der Waals surface area contributed by atoms with Gasteiger partial charge in [0.05, 0.1) is 12.5 Å². The van der Waals surface area contributed by atoms with E-state index in [9.17, 15) is 9.59 Å². The molecule has 124 valence electrons. The molecule has 1 aliphatic heterocycles. The molecule has 0 aromatic heterocycles. The Morgan fingerprint density at radius 2 is 1.88 bits per heavy atom. The molecule has 24 heavy (non-hydrogen) atoms. The number of rotatable bonds is 4. The van der Waals surface area contributed by atoms with E-state index in [1.807, 2.05) is 55.5 Å². The van der Waals surface area contributed by atoms with Crippen molar-refractivity contribution in [3.63, 3.8) is 0 Å². The number of amides is 2. The first-order valence-electron chi connectivity index (χ1n) is 8.24. The summed E-state index contributed by atoms with van der Waals surface area (Å²) in [5.41, 5.74) is 4.25. The normalized spacial score (nSPS) is 17.2. The van der Waals surface area contributed by atoms with Gasteiger partial charge in [-0.3, -0.25) is 9.59 Å². The van der Waals surface area contributed by atoms with Crippen molar-refractivity contribution in [2.45, 2.75) is 32.7 Å². The minimum Gasteiger partial charge on any atom is -0.351 e. The SMILES string of the molecule is Cc1ccc(N2CC(NC(=O)Cc3ccccc3)CC2=O)cc1C. The van der Waals surface area contributed by atoms with Crippen molar-refractivity contribution >= 4 is 17.5 Å². The lowest BCUT2D eigenvalue weighted by Gasteiger charge is -2.18. The number of carbonyl (C=O) groups excluding carboxylic acids is 2. The van der Waals surface area contributed by atoms with Gasteiger partial charge in [-0.25, -0.2) is 0 Å². The Labute approximate surface area is 142 Å². The second kappa shape index (κ2) is 6.87. The summed E-state index contributed by atoms with van der Waals surface area (Å²) in [5.74, 6) is 0.0178. The summed E-state index contributed by atoms with van der Waals surface area (Å²) < 4.78 is 0. The first-order valence-corrected chi connectivity index (χ1v) is 8.24. The lowest BCUT2D eigenvalue weighted by molar-refractivity contribution is -0.121. The minimum atomic E-state index is -0.129. The second-order valence-corrected chi connectivity index (χ2v) is 6.40. The van der Waals surface area contributed by atoms with Crippen molar-refractivity contribution in [3.05, 3.63) is 65.2 Å². The third-order valence-corrected chi connectivity index (χ3v) is 4.50. The molecule has 3 rings (SSSR count). The number of hydrogen-bond acceptors (Lipinski definition) is 2. The number of nitrogens with one attached hydrogen (secondary N) is 1. The van der Waals surface area contributed by atoms with Gasteiger partial charge in [-0.05, 0) is 42.7 Å². The van der Waals surface area contributed by atoms with Gasteiger partial charge in [-0.1, -0.05) is 36.4 Å².